The molecule has 0 bridgehead atoms. The van der Waals surface area contributed by atoms with Crippen LogP contribution < -0.4 is 0 Å². The molecule has 15 heavy (non-hydrogen) atoms. The second-order valence-electron chi connectivity index (χ2n) is 4.15. The molecule has 0 aliphatic carbocycles. The number of aldehydes is 1. The first-order valence-corrected chi connectivity index (χ1v) is 5.93. The Labute approximate surface area is 94.3 Å². The molecule has 86 valence electrons. The lowest BCUT2D eigenvalue weighted by Crippen LogP contribution is -1.98. The van der Waals surface area contributed by atoms with Gasteiger partial charge in [0.25, 0.3) is 0 Å². The van der Waals surface area contributed by atoms with Crippen LogP contribution in [0.4, 0.5) is 0 Å². The average molecular weight is 208 g/mol. The monoisotopic (exact) mass is 208 g/mol. The number of hydrogen-bond acceptors (Lipinski definition) is 1. The van der Waals surface area contributed by atoms with Crippen molar-refractivity contribution in [3.05, 3.63) is 23.3 Å². The van der Waals surface area contributed by atoms with Crippen LogP contribution in [0.25, 0.3) is 0 Å². The van der Waals surface area contributed by atoms with Gasteiger partial charge < -0.3 is 0 Å². The first kappa shape index (κ1) is 14.2. The molecular formula is C14H24O. The number of carbonyl (C=O) groups is 1. The maximum absolute atomic E-state index is 10.2. The molecule has 0 radical (unpaired) electrons. The lowest BCUT2D eigenvalue weighted by atomic mass is 9.94. The molecule has 0 saturated carbocycles. The van der Waals surface area contributed by atoms with Crippen molar-refractivity contribution in [3.63, 3.8) is 0 Å². The van der Waals surface area contributed by atoms with Crippen molar-refractivity contribution in [2.75, 3.05) is 0 Å². The number of hydrogen-bond donors (Lipinski definition) is 0. The summed E-state index contributed by atoms with van der Waals surface area (Å²) in [5.41, 5.74) is 2.66. The van der Waals surface area contributed by atoms with E-state index in [1.54, 1.807) is 6.08 Å². The summed E-state index contributed by atoms with van der Waals surface area (Å²) in [6.45, 7) is 8.71. The van der Waals surface area contributed by atoms with Gasteiger partial charge in [-0.15, -0.1) is 0 Å². The molecule has 0 saturated heterocycles. The predicted molar refractivity (Wildman–Crippen MR) is 66.9 cm³/mol. The van der Waals surface area contributed by atoms with Crippen molar-refractivity contribution in [2.24, 2.45) is 5.92 Å². The van der Waals surface area contributed by atoms with E-state index in [0.717, 1.165) is 25.0 Å². The first-order valence-electron chi connectivity index (χ1n) is 5.93. The zero-order chi connectivity index (χ0) is 11.7. The van der Waals surface area contributed by atoms with Crippen LogP contribution in [0.3, 0.4) is 0 Å². The van der Waals surface area contributed by atoms with Crippen molar-refractivity contribution < 1.29 is 4.79 Å². The Kier molecular flexibility index (Phi) is 7.98. The van der Waals surface area contributed by atoms with Crippen LogP contribution in [0.5, 0.6) is 0 Å². The highest BCUT2D eigenvalue weighted by Gasteiger charge is 2.04. The molecule has 0 unspecified atom stereocenters. The summed E-state index contributed by atoms with van der Waals surface area (Å²) in [4.78, 5) is 10.2. The Morgan fingerprint density at radius 1 is 1.20 bits per heavy atom. The molecule has 0 rings (SSSR count). The fourth-order valence-electron chi connectivity index (χ4n) is 1.83. The van der Waals surface area contributed by atoms with Gasteiger partial charge in [-0.25, -0.2) is 0 Å². The molecule has 0 spiro atoms. The van der Waals surface area contributed by atoms with Crippen molar-refractivity contribution in [1.82, 2.24) is 0 Å². The minimum absolute atomic E-state index is 0.736. The molecule has 0 aromatic carbocycles. The quantitative estimate of drug-likeness (QED) is 0.346. The molecule has 0 N–H and O–H groups in total. The largest absolute Gasteiger partial charge is 0.299 e. The van der Waals surface area contributed by atoms with Gasteiger partial charge in [-0.2, -0.15) is 0 Å². The molecule has 0 fully saturated rings. The summed E-state index contributed by atoms with van der Waals surface area (Å²) in [5.74, 6) is 0.736. The lowest BCUT2D eigenvalue weighted by molar-refractivity contribution is -0.104. The van der Waals surface area contributed by atoms with Crippen LogP contribution in [0.1, 0.15) is 53.4 Å². The molecule has 0 amide bonds. The molecule has 0 aliphatic heterocycles. The number of carbonyl (C=O) groups excluding carboxylic acids is 1. The minimum atomic E-state index is 0.736. The average Bonchev–Trinajstić information content (AvgIpc) is 2.20. The summed E-state index contributed by atoms with van der Waals surface area (Å²) < 4.78 is 0. The van der Waals surface area contributed by atoms with Crippen LogP contribution in [0, 0.1) is 5.92 Å². The first-order chi connectivity index (χ1) is 7.15. The van der Waals surface area contributed by atoms with Gasteiger partial charge in [0.1, 0.15) is 6.29 Å². The summed E-state index contributed by atoms with van der Waals surface area (Å²) in [6, 6.07) is 0. The summed E-state index contributed by atoms with van der Waals surface area (Å²) >= 11 is 0. The molecule has 0 aromatic rings. The second-order valence-corrected chi connectivity index (χ2v) is 4.15. The molecule has 1 nitrogen and oxygen atoms in total. The molecule has 0 aliphatic rings. The van der Waals surface area contributed by atoms with Gasteiger partial charge in [-0.05, 0) is 51.5 Å². The lowest BCUT2D eigenvalue weighted by Gasteiger charge is -2.12. The van der Waals surface area contributed by atoms with Crippen LogP contribution in [-0.4, -0.2) is 6.29 Å². The van der Waals surface area contributed by atoms with E-state index in [2.05, 4.69) is 26.8 Å². The van der Waals surface area contributed by atoms with Crippen LogP contribution in [0.15, 0.2) is 23.3 Å². The topological polar surface area (TPSA) is 17.1 Å². The Hall–Kier alpha value is -0.850. The van der Waals surface area contributed by atoms with Gasteiger partial charge in [0, 0.05) is 0 Å². The third-order valence-electron chi connectivity index (χ3n) is 2.99. The zero-order valence-electron chi connectivity index (χ0n) is 10.5. The maximum Gasteiger partial charge on any atom is 0.142 e. The van der Waals surface area contributed by atoms with E-state index >= 15 is 0 Å². The molecule has 1 heteroatoms. The number of rotatable bonds is 7. The zero-order valence-corrected chi connectivity index (χ0v) is 10.5. The number of allylic oxidation sites excluding steroid dienone is 4. The highest BCUT2D eigenvalue weighted by Crippen LogP contribution is 2.19. The standard InChI is InChI=1S/C14H24O/c1-5-14(6-2)13(4)9-7-8-12(3)10-11-15/h9-11,14H,5-8H2,1-4H3/b12-10-,13-9?. The van der Waals surface area contributed by atoms with Gasteiger partial charge >= 0.3 is 0 Å². The van der Waals surface area contributed by atoms with Crippen molar-refractivity contribution in [1.29, 1.82) is 0 Å². The van der Waals surface area contributed by atoms with Crippen molar-refractivity contribution in [2.45, 2.75) is 53.4 Å². The normalized spacial score (nSPS) is 13.4. The minimum Gasteiger partial charge on any atom is -0.299 e. The van der Waals surface area contributed by atoms with Gasteiger partial charge in [0.2, 0.25) is 0 Å². The maximum atomic E-state index is 10.2. The highest BCUT2D eigenvalue weighted by atomic mass is 16.1. The van der Waals surface area contributed by atoms with E-state index in [-0.39, 0.29) is 0 Å². The second kappa shape index (κ2) is 8.46. The van der Waals surface area contributed by atoms with E-state index in [9.17, 15) is 4.79 Å². The Morgan fingerprint density at radius 3 is 2.27 bits per heavy atom. The van der Waals surface area contributed by atoms with Crippen LogP contribution in [-0.2, 0) is 4.79 Å². The van der Waals surface area contributed by atoms with Gasteiger partial charge in [0.05, 0.1) is 0 Å². The third-order valence-corrected chi connectivity index (χ3v) is 2.99. The summed E-state index contributed by atoms with van der Waals surface area (Å²) in [7, 11) is 0. The van der Waals surface area contributed by atoms with E-state index in [4.69, 9.17) is 0 Å². The van der Waals surface area contributed by atoms with Crippen LogP contribution in [0.2, 0.25) is 0 Å². The summed E-state index contributed by atoms with van der Waals surface area (Å²) in [6.07, 6.45) is 9.34. The van der Waals surface area contributed by atoms with Gasteiger partial charge in [-0.1, -0.05) is 31.1 Å². The Morgan fingerprint density at radius 2 is 1.80 bits per heavy atom. The van der Waals surface area contributed by atoms with E-state index in [0.29, 0.717) is 0 Å². The van der Waals surface area contributed by atoms with Crippen molar-refractivity contribution >= 4 is 6.29 Å². The summed E-state index contributed by atoms with van der Waals surface area (Å²) in [5, 5.41) is 0. The molecular weight excluding hydrogens is 184 g/mol. The SMILES string of the molecule is CCC(CC)C(C)=CCC/C(C)=C\C=O. The van der Waals surface area contributed by atoms with Gasteiger partial charge in [-0.3, -0.25) is 4.79 Å². The molecule has 0 atom stereocenters. The van der Waals surface area contributed by atoms with Crippen molar-refractivity contribution in [3.8, 4) is 0 Å². The predicted octanol–water partition coefficient (Wildman–Crippen LogP) is 4.29. The van der Waals surface area contributed by atoms with Crippen LogP contribution >= 0.6 is 0 Å². The smallest absolute Gasteiger partial charge is 0.142 e. The Balaban J connectivity index is 4.05. The highest BCUT2D eigenvalue weighted by molar-refractivity contribution is 5.65. The van der Waals surface area contributed by atoms with E-state index in [1.165, 1.54) is 24.0 Å². The molecule has 0 heterocycles. The van der Waals surface area contributed by atoms with Gasteiger partial charge in [0.15, 0.2) is 0 Å². The third kappa shape index (κ3) is 6.27. The fraction of sp³-hybridized carbons (Fsp3) is 0.643. The Bertz CT molecular complexity index is 232. The van der Waals surface area contributed by atoms with E-state index < -0.39 is 0 Å². The molecule has 0 aromatic heterocycles. The fourth-order valence-corrected chi connectivity index (χ4v) is 1.83. The van der Waals surface area contributed by atoms with E-state index in [1.807, 2.05) is 6.92 Å².